The molecule has 0 aliphatic carbocycles. The number of aryl methyl sites for hydroxylation is 4. The molecule has 8 rings (SSSR count). The third kappa shape index (κ3) is 11.7. The third-order valence-electron chi connectivity index (χ3n) is 10.2. The van der Waals surface area contributed by atoms with Crippen LogP contribution < -0.4 is 41.3 Å². The van der Waals surface area contributed by atoms with Crippen molar-refractivity contribution < 1.29 is 51.9 Å². The molecule has 0 bridgehead atoms. The Morgan fingerprint density at radius 3 is 0.954 bits per heavy atom. The molecular weight excluding hydrogens is 937 g/mol. The molecule has 0 aromatic heterocycles. The molecule has 332 valence electrons. The largest absolute Gasteiger partial charge is 2.00 e. The zero-order chi connectivity index (χ0) is 45.4. The Bertz CT molecular complexity index is 2880. The summed E-state index contributed by atoms with van der Waals surface area (Å²) in [5.74, 6) is 2.82. The van der Waals surface area contributed by atoms with Crippen LogP contribution in [0.25, 0.3) is 0 Å². The molecular formula is C52H44NiO8P2S2. The molecule has 0 amide bonds. The van der Waals surface area contributed by atoms with E-state index in [4.69, 9.17) is 9.47 Å². The summed E-state index contributed by atoms with van der Waals surface area (Å²) in [6.07, 6.45) is 0. The van der Waals surface area contributed by atoms with Crippen molar-refractivity contribution in [2.24, 2.45) is 0 Å². The van der Waals surface area contributed by atoms with E-state index in [1.165, 1.54) is 12.1 Å². The Hall–Kier alpha value is -5.47. The second kappa shape index (κ2) is 21.7. The minimum Gasteiger partial charge on any atom is -0.744 e. The van der Waals surface area contributed by atoms with Gasteiger partial charge in [0.1, 0.15) is 43.2 Å². The molecule has 8 aromatic carbocycles. The zero-order valence-corrected chi connectivity index (χ0v) is 40.2. The van der Waals surface area contributed by atoms with Gasteiger partial charge in [-0.05, 0) is 101 Å². The van der Waals surface area contributed by atoms with Crippen molar-refractivity contribution in [1.29, 1.82) is 0 Å². The number of para-hydroxylation sites is 4. The van der Waals surface area contributed by atoms with Gasteiger partial charge in [0.15, 0.2) is 0 Å². The van der Waals surface area contributed by atoms with Gasteiger partial charge in [0.05, 0.1) is 9.79 Å². The normalized spacial score (nSPS) is 12.2. The molecule has 8 aromatic rings. The number of hydrogen-bond acceptors (Lipinski definition) is 8. The Kier molecular flexibility index (Phi) is 16.3. The smallest absolute Gasteiger partial charge is 0.744 e. The standard InChI is InChI=1S/2C26H23O4PS.Ni/c2*1-19-11-10-12-20(2)26(19)30-22-15-6-7-16-23(22)31(21-13-4-3-5-14-21)24-17-8-9-18-25(24)32(27,28)29;/h2*3-18H,1-2H3,(H,27,28,29);/q;;+2/p-2. The number of ether oxygens (including phenoxy) is 2. The third-order valence-corrected chi connectivity index (χ3v) is 17.4. The average molecular weight is 982 g/mol. The number of rotatable bonds is 12. The molecule has 2 atom stereocenters. The maximum absolute atomic E-state index is 12.1. The Morgan fingerprint density at radius 2 is 0.631 bits per heavy atom. The topological polar surface area (TPSA) is 133 Å². The summed E-state index contributed by atoms with van der Waals surface area (Å²) < 4.78 is 85.5. The van der Waals surface area contributed by atoms with E-state index in [0.29, 0.717) is 22.1 Å². The van der Waals surface area contributed by atoms with Gasteiger partial charge in [-0.1, -0.05) is 170 Å². The van der Waals surface area contributed by atoms with Gasteiger partial charge in [-0.3, -0.25) is 0 Å². The maximum atomic E-state index is 12.1. The first-order valence-electron chi connectivity index (χ1n) is 20.2. The SMILES string of the molecule is Cc1cccc(C)c1Oc1ccccc1P(c1ccccc1)c1ccccc1S(=O)(=O)[O-].Cc1cccc(C)c1Oc1ccccc1P(c1ccccc1)c1ccccc1S(=O)(=O)[O-].[Ni+2]. The Labute approximate surface area is 394 Å². The quantitative estimate of drug-likeness (QED) is 0.0672. The molecule has 8 nitrogen and oxygen atoms in total. The van der Waals surface area contributed by atoms with E-state index in [-0.39, 0.29) is 26.3 Å². The van der Waals surface area contributed by atoms with Gasteiger partial charge in [0, 0.05) is 21.2 Å². The predicted octanol–water partition coefficient (Wildman–Crippen LogP) is 9.51. The molecule has 0 aliphatic heterocycles. The van der Waals surface area contributed by atoms with Crippen molar-refractivity contribution in [3.8, 4) is 23.0 Å². The summed E-state index contributed by atoms with van der Waals surface area (Å²) in [6, 6.07) is 59.3. The van der Waals surface area contributed by atoms with Gasteiger partial charge >= 0.3 is 16.5 Å². The van der Waals surface area contributed by atoms with Crippen molar-refractivity contribution in [3.05, 3.63) is 216 Å². The van der Waals surface area contributed by atoms with E-state index in [1.807, 2.05) is 173 Å². The van der Waals surface area contributed by atoms with E-state index in [2.05, 4.69) is 0 Å². The first kappa shape index (κ1) is 49.0. The molecule has 0 fully saturated rings. The molecule has 0 radical (unpaired) electrons. The van der Waals surface area contributed by atoms with Crippen molar-refractivity contribution in [2.45, 2.75) is 37.5 Å². The van der Waals surface area contributed by atoms with Crippen LogP contribution >= 0.6 is 15.8 Å². The number of benzene rings is 8. The van der Waals surface area contributed by atoms with Gasteiger partial charge in [0.2, 0.25) is 0 Å². The summed E-state index contributed by atoms with van der Waals surface area (Å²) >= 11 is 0. The fourth-order valence-corrected chi connectivity index (χ4v) is 14.4. The van der Waals surface area contributed by atoms with E-state index >= 15 is 0 Å². The first-order valence-corrected chi connectivity index (χ1v) is 25.7. The molecule has 0 heterocycles. The van der Waals surface area contributed by atoms with Crippen molar-refractivity contribution in [2.75, 3.05) is 0 Å². The minimum absolute atomic E-state index is 0. The Balaban J connectivity index is 0.000000212. The van der Waals surface area contributed by atoms with Crippen LogP contribution in [0.15, 0.2) is 204 Å². The zero-order valence-electron chi connectivity index (χ0n) is 35.8. The summed E-state index contributed by atoms with van der Waals surface area (Å²) in [5, 5.41) is 4.51. The van der Waals surface area contributed by atoms with Gasteiger partial charge in [-0.15, -0.1) is 0 Å². The first-order chi connectivity index (χ1) is 30.7. The predicted molar refractivity (Wildman–Crippen MR) is 258 cm³/mol. The fraction of sp³-hybridized carbons (Fsp3) is 0.0769. The molecule has 0 saturated heterocycles. The van der Waals surface area contributed by atoms with Crippen LogP contribution in [-0.4, -0.2) is 25.9 Å². The molecule has 0 aliphatic rings. The average Bonchev–Trinajstić information content (AvgIpc) is 3.28. The molecule has 65 heavy (non-hydrogen) atoms. The molecule has 2 unspecified atom stereocenters. The van der Waals surface area contributed by atoms with Crippen molar-refractivity contribution in [1.82, 2.24) is 0 Å². The second-order valence-corrected chi connectivity index (χ2v) is 21.8. The van der Waals surface area contributed by atoms with Gasteiger partial charge < -0.3 is 18.6 Å². The number of hydrogen-bond donors (Lipinski definition) is 0. The summed E-state index contributed by atoms with van der Waals surface area (Å²) in [6.45, 7) is 7.96. The Morgan fingerprint density at radius 1 is 0.354 bits per heavy atom. The van der Waals surface area contributed by atoms with Gasteiger partial charge in [-0.25, -0.2) is 16.8 Å². The van der Waals surface area contributed by atoms with Crippen LogP contribution in [-0.2, 0) is 36.7 Å². The second-order valence-electron chi connectivity index (χ2n) is 14.8. The van der Waals surface area contributed by atoms with Crippen molar-refractivity contribution >= 4 is 67.9 Å². The fourth-order valence-electron chi connectivity index (χ4n) is 7.27. The van der Waals surface area contributed by atoms with Crippen LogP contribution in [0.3, 0.4) is 0 Å². The van der Waals surface area contributed by atoms with Crippen LogP contribution in [0.5, 0.6) is 23.0 Å². The van der Waals surface area contributed by atoms with Crippen LogP contribution in [0, 0.1) is 27.7 Å². The van der Waals surface area contributed by atoms with Crippen LogP contribution in [0.2, 0.25) is 0 Å². The van der Waals surface area contributed by atoms with E-state index in [0.717, 1.165) is 55.0 Å². The molecule has 0 spiro atoms. The summed E-state index contributed by atoms with van der Waals surface area (Å²) in [5.41, 5.74) is 4.02. The maximum Gasteiger partial charge on any atom is 2.00 e. The van der Waals surface area contributed by atoms with E-state index in [9.17, 15) is 25.9 Å². The molecule has 13 heteroatoms. The summed E-state index contributed by atoms with van der Waals surface area (Å²) in [7, 11) is -12.1. The van der Waals surface area contributed by atoms with Gasteiger partial charge in [-0.2, -0.15) is 0 Å². The molecule has 0 saturated carbocycles. The van der Waals surface area contributed by atoms with Crippen LogP contribution in [0.1, 0.15) is 22.3 Å². The van der Waals surface area contributed by atoms with Crippen molar-refractivity contribution in [3.63, 3.8) is 0 Å². The summed E-state index contributed by atoms with van der Waals surface area (Å²) in [4.78, 5) is -0.395. The minimum atomic E-state index is -4.65. The van der Waals surface area contributed by atoms with Crippen LogP contribution in [0.4, 0.5) is 0 Å². The monoisotopic (exact) mass is 980 g/mol. The van der Waals surface area contributed by atoms with E-state index in [1.54, 1.807) is 36.4 Å². The van der Waals surface area contributed by atoms with E-state index < -0.39 is 36.1 Å². The molecule has 0 N–H and O–H groups in total. The van der Waals surface area contributed by atoms with Gasteiger partial charge in [0.25, 0.3) is 0 Å².